The average Bonchev–Trinajstić information content (AvgIpc) is 3.71. The Hall–Kier alpha value is -6.55. The van der Waals surface area contributed by atoms with E-state index in [1.54, 1.807) is 99.1 Å². The number of nitrogens with one attached hydrogen (secondary N) is 5. The molecule has 1 fully saturated rings. The van der Waals surface area contributed by atoms with Crippen LogP contribution >= 0.6 is 0 Å². The summed E-state index contributed by atoms with van der Waals surface area (Å²) < 4.78 is 7.57. The van der Waals surface area contributed by atoms with Gasteiger partial charge in [0.1, 0.15) is 54.5 Å². The Kier molecular flexibility index (Phi) is 21.1. The number of amides is 7. The van der Waals surface area contributed by atoms with Gasteiger partial charge in [-0.25, -0.2) is 0 Å². The number of hydrogen-bond donors (Lipinski definition) is 7. The first-order chi connectivity index (χ1) is 34.0. The molecule has 0 bridgehead atoms. The van der Waals surface area contributed by atoms with Crippen molar-refractivity contribution in [3.05, 3.63) is 83.6 Å². The lowest BCUT2D eigenvalue weighted by molar-refractivity contribution is -0.146. The van der Waals surface area contributed by atoms with Crippen LogP contribution in [0.1, 0.15) is 98.5 Å². The van der Waals surface area contributed by atoms with Crippen LogP contribution in [0.25, 0.3) is 10.9 Å². The zero-order valence-corrected chi connectivity index (χ0v) is 43.8. The van der Waals surface area contributed by atoms with E-state index in [1.807, 2.05) is 27.7 Å². The molecule has 392 valence electrons. The lowest BCUT2D eigenvalue weighted by Gasteiger charge is -2.36. The number of hydrogen-bond acceptors (Lipinski definition) is 10. The minimum absolute atomic E-state index is 0.106. The molecular formula is C54H76N8O10. The van der Waals surface area contributed by atoms with Crippen molar-refractivity contribution in [2.45, 2.75) is 136 Å². The standard InChI is InChI=1S/C54H76N8O10/c1-14-24-62-28-38(37-22-18-19-23-39(37)62)46(64)44-54(71)61(12)41(27-33(8)29-63)49(66)55-35(10)48(65)59-45(47(72-13)36-20-16-15-17-21-36)52(69)56-42(32(6)7)53(70)60(11)40(26-31(4)5)50(67)57-43(51(68)58-44)34(9)25-30(2)3/h1,15-23,25,28,31-35,40-47,63-64H,24,26-27,29H2,2-13H3,(H,55,66)(H,56,69)(H,57,67)(H,58,68)(H,59,65)/t33-,34-,35+,40+,41+,42+,43+,44+,45+,46-,47-/m1/s1. The molecule has 2 heterocycles. The summed E-state index contributed by atoms with van der Waals surface area (Å²) in [6.07, 6.45) is 6.20. The van der Waals surface area contributed by atoms with E-state index in [9.17, 15) is 34.2 Å². The number of methoxy groups -OCH3 is 1. The van der Waals surface area contributed by atoms with Gasteiger partial charge in [0.05, 0.1) is 6.54 Å². The maximum atomic E-state index is 15.2. The summed E-state index contributed by atoms with van der Waals surface area (Å²) in [5.74, 6) is -5.00. The number of carbonyl (C=O) groups excluding carboxylic acids is 7. The average molecular weight is 997 g/mol. The maximum Gasteiger partial charge on any atom is 0.248 e. The Morgan fingerprint density at radius 1 is 0.722 bits per heavy atom. The first-order valence-corrected chi connectivity index (χ1v) is 24.6. The normalized spacial score (nSPS) is 24.3. The van der Waals surface area contributed by atoms with Gasteiger partial charge in [-0.1, -0.05) is 108 Å². The van der Waals surface area contributed by atoms with Gasteiger partial charge in [0.15, 0.2) is 0 Å². The van der Waals surface area contributed by atoms with E-state index >= 15 is 9.59 Å². The Labute approximate surface area is 424 Å². The molecule has 1 aliphatic rings. The molecule has 0 saturated carbocycles. The third-order valence-corrected chi connectivity index (χ3v) is 13.1. The second kappa shape index (κ2) is 26.2. The Morgan fingerprint density at radius 2 is 1.25 bits per heavy atom. The van der Waals surface area contributed by atoms with Crippen LogP contribution in [0.3, 0.4) is 0 Å². The van der Waals surface area contributed by atoms with E-state index < -0.39 is 114 Å². The van der Waals surface area contributed by atoms with Crippen LogP contribution in [-0.2, 0) is 44.8 Å². The van der Waals surface area contributed by atoms with Gasteiger partial charge in [-0.2, -0.15) is 0 Å². The fourth-order valence-electron chi connectivity index (χ4n) is 9.07. The highest BCUT2D eigenvalue weighted by Crippen LogP contribution is 2.31. The van der Waals surface area contributed by atoms with Crippen LogP contribution in [0.2, 0.25) is 0 Å². The summed E-state index contributed by atoms with van der Waals surface area (Å²) in [5.41, 5.74) is 2.18. The van der Waals surface area contributed by atoms with E-state index in [2.05, 4.69) is 32.5 Å². The molecule has 1 aromatic heterocycles. The number of ether oxygens (including phenoxy) is 1. The summed E-state index contributed by atoms with van der Waals surface area (Å²) in [4.78, 5) is 106. The number of carbonyl (C=O) groups is 7. The molecule has 7 amide bonds. The Morgan fingerprint density at radius 3 is 1.82 bits per heavy atom. The highest BCUT2D eigenvalue weighted by molar-refractivity contribution is 5.99. The molecule has 1 saturated heterocycles. The van der Waals surface area contributed by atoms with Crippen LogP contribution < -0.4 is 26.6 Å². The van der Waals surface area contributed by atoms with Gasteiger partial charge < -0.3 is 55.9 Å². The molecule has 0 unspecified atom stereocenters. The van der Waals surface area contributed by atoms with Gasteiger partial charge in [0.2, 0.25) is 41.4 Å². The first kappa shape index (κ1) is 58.0. The molecule has 72 heavy (non-hydrogen) atoms. The predicted octanol–water partition coefficient (Wildman–Crippen LogP) is 3.13. The van der Waals surface area contributed by atoms with Crippen molar-refractivity contribution in [3.8, 4) is 12.3 Å². The van der Waals surface area contributed by atoms with Crippen molar-refractivity contribution in [2.75, 3.05) is 27.8 Å². The molecule has 7 N–H and O–H groups in total. The first-order valence-electron chi connectivity index (χ1n) is 24.6. The summed E-state index contributed by atoms with van der Waals surface area (Å²) in [6.45, 7) is 15.3. The number of aliphatic hydroxyl groups is 2. The highest BCUT2D eigenvalue weighted by Gasteiger charge is 2.43. The van der Waals surface area contributed by atoms with Gasteiger partial charge in [0, 0.05) is 56.4 Å². The number of terminal acetylenes is 1. The molecule has 0 spiro atoms. The molecule has 0 aliphatic carbocycles. The minimum atomic E-state index is -1.82. The fourth-order valence-corrected chi connectivity index (χ4v) is 9.07. The lowest BCUT2D eigenvalue weighted by Crippen LogP contribution is -2.62. The van der Waals surface area contributed by atoms with Gasteiger partial charge in [-0.05, 0) is 63.0 Å². The number of allylic oxidation sites excluding steroid dienone is 1. The molecule has 11 atom stereocenters. The number of nitrogens with zero attached hydrogens (tertiary/aromatic N) is 3. The van der Waals surface area contributed by atoms with Crippen molar-refractivity contribution in [3.63, 3.8) is 0 Å². The summed E-state index contributed by atoms with van der Waals surface area (Å²) in [7, 11) is 4.12. The summed E-state index contributed by atoms with van der Waals surface area (Å²) in [5, 5.41) is 37.1. The quantitative estimate of drug-likeness (QED) is 0.0920. The molecule has 18 heteroatoms. The number of benzene rings is 2. The summed E-state index contributed by atoms with van der Waals surface area (Å²) in [6, 6.07) is 5.81. The molecule has 4 rings (SSSR count). The van der Waals surface area contributed by atoms with Crippen molar-refractivity contribution in [1.29, 1.82) is 0 Å². The van der Waals surface area contributed by atoms with Gasteiger partial charge in [-0.3, -0.25) is 33.6 Å². The minimum Gasteiger partial charge on any atom is -0.396 e. The van der Waals surface area contributed by atoms with E-state index in [-0.39, 0.29) is 37.5 Å². The molecular weight excluding hydrogens is 921 g/mol. The molecule has 0 radical (unpaired) electrons. The molecule has 1 aliphatic heterocycles. The zero-order valence-electron chi connectivity index (χ0n) is 43.8. The molecule has 2 aromatic carbocycles. The number of likely N-dealkylation sites (N-methyl/N-ethyl adjacent to an activating group) is 2. The highest BCUT2D eigenvalue weighted by atomic mass is 16.5. The second-order valence-corrected chi connectivity index (χ2v) is 20.1. The smallest absolute Gasteiger partial charge is 0.248 e. The largest absolute Gasteiger partial charge is 0.396 e. The molecule has 18 nitrogen and oxygen atoms in total. The van der Waals surface area contributed by atoms with Crippen molar-refractivity contribution >= 4 is 52.3 Å². The Balaban J connectivity index is 2.00. The van der Waals surface area contributed by atoms with Crippen molar-refractivity contribution in [2.24, 2.45) is 23.7 Å². The third kappa shape index (κ3) is 14.3. The van der Waals surface area contributed by atoms with E-state index in [0.29, 0.717) is 16.5 Å². The molecule has 3 aromatic rings. The fraction of sp³-hybridized carbons (Fsp3) is 0.537. The number of aliphatic hydroxyl groups excluding tert-OH is 2. The SMILES string of the molecule is C#CCn1cc([C@@H](O)[C@@H]2NC(=O)[C@H]([C@H](C)C=C(C)C)NC(=O)[C@H](CC(C)C)N(C)C(=O)[C@H](C(C)C)NC(=O)[C@H]([C@H](OC)c3ccccc3)NC(=O)[C@H](C)NC(=O)[C@H](C[C@@H](C)CO)N(C)C2=O)c2ccccc21. The topological polar surface area (TPSA) is 241 Å². The van der Waals surface area contributed by atoms with Gasteiger partial charge >= 0.3 is 0 Å². The maximum absolute atomic E-state index is 15.2. The van der Waals surface area contributed by atoms with Crippen molar-refractivity contribution < 1.29 is 48.5 Å². The van der Waals surface area contributed by atoms with E-state index in [4.69, 9.17) is 11.2 Å². The van der Waals surface area contributed by atoms with Crippen LogP contribution in [0, 0.1) is 36.0 Å². The number of rotatable bonds is 14. The number of fused-ring (bicyclic) bond motifs is 1. The van der Waals surface area contributed by atoms with Crippen LogP contribution in [0.15, 0.2) is 72.4 Å². The monoisotopic (exact) mass is 997 g/mol. The van der Waals surface area contributed by atoms with Crippen LogP contribution in [0.5, 0.6) is 0 Å². The zero-order chi connectivity index (χ0) is 53.7. The van der Waals surface area contributed by atoms with Gasteiger partial charge in [-0.15, -0.1) is 6.42 Å². The van der Waals surface area contributed by atoms with Crippen LogP contribution in [0.4, 0.5) is 0 Å². The van der Waals surface area contributed by atoms with E-state index in [0.717, 1.165) is 10.5 Å². The van der Waals surface area contributed by atoms with Gasteiger partial charge in [0.25, 0.3) is 0 Å². The predicted molar refractivity (Wildman–Crippen MR) is 274 cm³/mol. The van der Waals surface area contributed by atoms with Crippen LogP contribution in [-0.4, -0.2) is 136 Å². The van der Waals surface area contributed by atoms with Crippen molar-refractivity contribution in [1.82, 2.24) is 41.0 Å². The second-order valence-electron chi connectivity index (χ2n) is 20.1. The third-order valence-electron chi connectivity index (χ3n) is 13.1. The number of aromatic nitrogens is 1. The lowest BCUT2D eigenvalue weighted by atomic mass is 9.94. The Bertz CT molecular complexity index is 2460. The summed E-state index contributed by atoms with van der Waals surface area (Å²) >= 11 is 0. The van der Waals surface area contributed by atoms with E-state index in [1.165, 1.54) is 33.0 Å². The number of para-hydroxylation sites is 1.